The van der Waals surface area contributed by atoms with E-state index >= 15 is 0 Å². The van der Waals surface area contributed by atoms with E-state index < -0.39 is 0 Å². The Hall–Kier alpha value is -2.24. The van der Waals surface area contributed by atoms with E-state index in [0.29, 0.717) is 12.5 Å². The highest BCUT2D eigenvalue weighted by molar-refractivity contribution is 5.96. The summed E-state index contributed by atoms with van der Waals surface area (Å²) in [5, 5.41) is 10.3. The van der Waals surface area contributed by atoms with E-state index in [4.69, 9.17) is 15.9 Å². The van der Waals surface area contributed by atoms with E-state index in [1.54, 1.807) is 7.11 Å². The molecule has 2 rings (SSSR count). The molecule has 0 atom stereocenters. The molecule has 0 amide bonds. The summed E-state index contributed by atoms with van der Waals surface area (Å²) >= 11 is 0. The Labute approximate surface area is 125 Å². The molecule has 0 aromatic heterocycles. The van der Waals surface area contributed by atoms with Crippen molar-refractivity contribution in [2.45, 2.75) is 25.8 Å². The van der Waals surface area contributed by atoms with E-state index in [2.05, 4.69) is 15.2 Å². The number of piperidine rings is 1. The molecule has 0 saturated carbocycles. The quantitative estimate of drug-likeness (QED) is 0.581. The molecular weight excluding hydrogens is 266 g/mol. The van der Waals surface area contributed by atoms with Crippen molar-refractivity contribution in [1.82, 2.24) is 10.2 Å². The van der Waals surface area contributed by atoms with Crippen LogP contribution in [0.3, 0.4) is 0 Å². The van der Waals surface area contributed by atoms with Crippen molar-refractivity contribution >= 4 is 11.9 Å². The van der Waals surface area contributed by atoms with Crippen molar-refractivity contribution in [3.05, 3.63) is 29.8 Å². The fourth-order valence-corrected chi connectivity index (χ4v) is 2.34. The highest BCUT2D eigenvalue weighted by atomic mass is 16.5. The van der Waals surface area contributed by atoms with Gasteiger partial charge in [0.05, 0.1) is 13.7 Å². The minimum Gasteiger partial charge on any atom is -0.497 e. The van der Waals surface area contributed by atoms with Gasteiger partial charge in [-0.05, 0) is 37.0 Å². The lowest BCUT2D eigenvalue weighted by Gasteiger charge is -2.29. The molecule has 114 valence electrons. The first-order valence-electron chi connectivity index (χ1n) is 7.22. The molecule has 0 bridgehead atoms. The predicted octanol–water partition coefficient (Wildman–Crippen LogP) is 1.52. The molecule has 1 aromatic rings. The fourth-order valence-electron chi connectivity index (χ4n) is 2.34. The summed E-state index contributed by atoms with van der Waals surface area (Å²) in [6.45, 7) is 2.47. The van der Waals surface area contributed by atoms with Gasteiger partial charge < -0.3 is 15.4 Å². The van der Waals surface area contributed by atoms with Crippen molar-refractivity contribution < 1.29 is 4.74 Å². The zero-order valence-electron chi connectivity index (χ0n) is 12.4. The topological polar surface area (TPSA) is 86.7 Å². The Bertz CT molecular complexity index is 491. The highest BCUT2D eigenvalue weighted by Gasteiger charge is 2.15. The van der Waals surface area contributed by atoms with Gasteiger partial charge in [0, 0.05) is 13.1 Å². The number of nitrogens with two attached hydrogens (primary N) is 1. The molecule has 1 aliphatic heterocycles. The number of nitrogens with zero attached hydrogens (tertiary/aromatic N) is 2. The largest absolute Gasteiger partial charge is 0.497 e. The predicted molar refractivity (Wildman–Crippen MR) is 84.6 cm³/mol. The highest BCUT2D eigenvalue weighted by Crippen LogP contribution is 2.13. The molecule has 1 heterocycles. The number of hydrogen-bond donors (Lipinski definition) is 3. The van der Waals surface area contributed by atoms with Crippen LogP contribution >= 0.6 is 0 Å². The van der Waals surface area contributed by atoms with Gasteiger partial charge in [-0.25, -0.2) is 4.99 Å². The zero-order valence-corrected chi connectivity index (χ0v) is 12.4. The van der Waals surface area contributed by atoms with E-state index in [1.807, 2.05) is 24.3 Å². The summed E-state index contributed by atoms with van der Waals surface area (Å²) < 4.78 is 5.14. The normalized spacial score (nSPS) is 15.7. The van der Waals surface area contributed by atoms with Gasteiger partial charge in [0.15, 0.2) is 5.96 Å². The monoisotopic (exact) mass is 289 g/mol. The molecule has 0 radical (unpaired) electrons. The Morgan fingerprint density at radius 2 is 1.95 bits per heavy atom. The number of aliphatic imine (C=N–C) groups is 1. The molecule has 0 spiro atoms. The van der Waals surface area contributed by atoms with E-state index in [-0.39, 0.29) is 5.96 Å². The fraction of sp³-hybridized carbons (Fsp3) is 0.467. The molecule has 21 heavy (non-hydrogen) atoms. The van der Waals surface area contributed by atoms with Gasteiger partial charge >= 0.3 is 0 Å². The van der Waals surface area contributed by atoms with Crippen LogP contribution in [-0.2, 0) is 6.54 Å². The molecule has 6 nitrogen and oxygen atoms in total. The molecule has 1 aliphatic rings. The molecule has 6 heteroatoms. The average Bonchev–Trinajstić information content (AvgIpc) is 2.52. The zero-order chi connectivity index (χ0) is 15.1. The Balaban J connectivity index is 2.05. The van der Waals surface area contributed by atoms with Gasteiger partial charge in [-0.15, -0.1) is 0 Å². The maximum absolute atomic E-state index is 7.42. The summed E-state index contributed by atoms with van der Waals surface area (Å²) in [6, 6.07) is 7.82. The molecule has 0 unspecified atom stereocenters. The first-order chi connectivity index (χ1) is 10.2. The van der Waals surface area contributed by atoms with Gasteiger partial charge in [-0.1, -0.05) is 12.1 Å². The third-order valence-electron chi connectivity index (χ3n) is 3.47. The van der Waals surface area contributed by atoms with Crippen LogP contribution < -0.4 is 15.8 Å². The van der Waals surface area contributed by atoms with Crippen LogP contribution in [0.5, 0.6) is 5.75 Å². The molecule has 1 fully saturated rings. The number of rotatable bonds is 3. The standard InChI is InChI=1S/C15H23N5O/c1-21-13-7-5-12(6-8-13)11-18-15(19-14(16)17)20-9-3-2-4-10-20/h5-8H,2-4,9-11H2,1H3,(H4,16,17,18,19). The third-order valence-corrected chi connectivity index (χ3v) is 3.47. The summed E-state index contributed by atoms with van der Waals surface area (Å²) in [6.07, 6.45) is 3.56. The summed E-state index contributed by atoms with van der Waals surface area (Å²) in [5.74, 6) is 1.45. The molecular formula is C15H23N5O. The maximum Gasteiger partial charge on any atom is 0.201 e. The lowest BCUT2D eigenvalue weighted by molar-refractivity contribution is 0.335. The minimum atomic E-state index is -0.0749. The number of hydrogen-bond acceptors (Lipinski definition) is 3. The first kappa shape index (κ1) is 15.2. The van der Waals surface area contributed by atoms with Crippen molar-refractivity contribution in [1.29, 1.82) is 5.41 Å². The molecule has 0 aliphatic carbocycles. The second-order valence-electron chi connectivity index (χ2n) is 5.07. The van der Waals surface area contributed by atoms with E-state index in [1.165, 1.54) is 6.42 Å². The maximum atomic E-state index is 7.42. The second-order valence-corrected chi connectivity index (χ2v) is 5.07. The van der Waals surface area contributed by atoms with Crippen molar-refractivity contribution in [2.75, 3.05) is 20.2 Å². The van der Waals surface area contributed by atoms with Crippen LogP contribution in [0, 0.1) is 5.41 Å². The van der Waals surface area contributed by atoms with Gasteiger partial charge in [-0.3, -0.25) is 10.7 Å². The van der Waals surface area contributed by atoms with Crippen molar-refractivity contribution in [3.63, 3.8) is 0 Å². The van der Waals surface area contributed by atoms with Crippen molar-refractivity contribution in [3.8, 4) is 5.75 Å². The van der Waals surface area contributed by atoms with Crippen LogP contribution in [0.25, 0.3) is 0 Å². The first-order valence-corrected chi connectivity index (χ1v) is 7.22. The number of nitrogens with one attached hydrogen (secondary N) is 2. The summed E-state index contributed by atoms with van der Waals surface area (Å²) in [5.41, 5.74) is 6.55. The molecule has 4 N–H and O–H groups in total. The Kier molecular flexibility index (Phi) is 5.43. The third kappa shape index (κ3) is 4.66. The van der Waals surface area contributed by atoms with Gasteiger partial charge in [0.25, 0.3) is 0 Å². The smallest absolute Gasteiger partial charge is 0.201 e. The SMILES string of the molecule is COc1ccc(C/N=C(/NC(=N)N)N2CCCCC2)cc1. The summed E-state index contributed by atoms with van der Waals surface area (Å²) in [4.78, 5) is 6.74. The molecule has 1 saturated heterocycles. The second kappa shape index (κ2) is 7.52. The number of benzene rings is 1. The average molecular weight is 289 g/mol. The van der Waals surface area contributed by atoms with Gasteiger partial charge in [-0.2, -0.15) is 0 Å². The lowest BCUT2D eigenvalue weighted by Crippen LogP contribution is -2.48. The van der Waals surface area contributed by atoms with E-state index in [9.17, 15) is 0 Å². The molecule has 1 aromatic carbocycles. The number of guanidine groups is 2. The van der Waals surface area contributed by atoms with Crippen LogP contribution in [-0.4, -0.2) is 37.0 Å². The van der Waals surface area contributed by atoms with Crippen LogP contribution in [0.1, 0.15) is 24.8 Å². The van der Waals surface area contributed by atoms with Crippen LogP contribution in [0.2, 0.25) is 0 Å². The number of methoxy groups -OCH3 is 1. The Morgan fingerprint density at radius 3 is 2.52 bits per heavy atom. The number of likely N-dealkylation sites (tertiary alicyclic amines) is 1. The Morgan fingerprint density at radius 1 is 1.29 bits per heavy atom. The minimum absolute atomic E-state index is 0.0749. The van der Waals surface area contributed by atoms with Crippen LogP contribution in [0.15, 0.2) is 29.3 Å². The summed E-state index contributed by atoms with van der Waals surface area (Å²) in [7, 11) is 1.65. The van der Waals surface area contributed by atoms with Crippen molar-refractivity contribution in [2.24, 2.45) is 10.7 Å². The van der Waals surface area contributed by atoms with Crippen LogP contribution in [0.4, 0.5) is 0 Å². The van der Waals surface area contributed by atoms with E-state index in [0.717, 1.165) is 37.2 Å². The van der Waals surface area contributed by atoms with Gasteiger partial charge in [0.2, 0.25) is 5.96 Å². The van der Waals surface area contributed by atoms with Gasteiger partial charge in [0.1, 0.15) is 5.75 Å². The lowest BCUT2D eigenvalue weighted by atomic mass is 10.1. The number of ether oxygens (including phenoxy) is 1.